The number of nitrogens with one attached hydrogen (secondary N) is 2. The lowest BCUT2D eigenvalue weighted by atomic mass is 9.92. The van der Waals surface area contributed by atoms with Crippen LogP contribution in [0.2, 0.25) is 5.02 Å². The molecule has 3 rings (SSSR count). The minimum atomic E-state index is -1.26. The van der Waals surface area contributed by atoms with Gasteiger partial charge in [0.2, 0.25) is 5.91 Å². The summed E-state index contributed by atoms with van der Waals surface area (Å²) in [6, 6.07) is 15.6. The zero-order chi connectivity index (χ0) is 21.9. The molecule has 2 N–H and O–H groups in total. The molecule has 2 aromatic rings. The van der Waals surface area contributed by atoms with Crippen LogP contribution in [-0.4, -0.2) is 29.3 Å². The number of benzene rings is 2. The van der Waals surface area contributed by atoms with E-state index in [0.717, 1.165) is 16.9 Å². The van der Waals surface area contributed by atoms with Crippen molar-refractivity contribution in [3.8, 4) is 0 Å². The van der Waals surface area contributed by atoms with Crippen LogP contribution in [0.1, 0.15) is 44.4 Å². The third-order valence-corrected chi connectivity index (χ3v) is 5.46. The van der Waals surface area contributed by atoms with Crippen LogP contribution in [0.15, 0.2) is 54.6 Å². The molecule has 2 atom stereocenters. The average Bonchev–Trinajstić information content (AvgIpc) is 2.92. The van der Waals surface area contributed by atoms with E-state index in [1.54, 1.807) is 31.2 Å². The first-order valence-corrected chi connectivity index (χ1v) is 10.3. The molecule has 1 fully saturated rings. The van der Waals surface area contributed by atoms with Gasteiger partial charge in [0.05, 0.1) is 6.04 Å². The Morgan fingerprint density at radius 2 is 1.83 bits per heavy atom. The molecular formula is C23H26ClN3O3. The number of rotatable bonds is 7. The van der Waals surface area contributed by atoms with E-state index in [2.05, 4.69) is 24.5 Å². The van der Waals surface area contributed by atoms with Gasteiger partial charge in [-0.3, -0.25) is 14.5 Å². The van der Waals surface area contributed by atoms with Crippen LogP contribution >= 0.6 is 11.6 Å². The second kappa shape index (κ2) is 8.88. The van der Waals surface area contributed by atoms with Crippen molar-refractivity contribution in [3.05, 3.63) is 70.7 Å². The molecule has 0 radical (unpaired) electrons. The predicted molar refractivity (Wildman–Crippen MR) is 116 cm³/mol. The fourth-order valence-corrected chi connectivity index (χ4v) is 3.84. The Balaban J connectivity index is 1.74. The van der Waals surface area contributed by atoms with E-state index >= 15 is 0 Å². The molecule has 4 amide bonds. The monoisotopic (exact) mass is 427 g/mol. The second-order valence-electron chi connectivity index (χ2n) is 8.12. The Morgan fingerprint density at radius 1 is 1.13 bits per heavy atom. The number of nitrogens with zero attached hydrogens (tertiary/aromatic N) is 1. The molecule has 6 nitrogen and oxygen atoms in total. The number of hydrogen-bond acceptors (Lipinski definition) is 3. The molecule has 2 aromatic carbocycles. The van der Waals surface area contributed by atoms with Crippen molar-refractivity contribution in [2.75, 3.05) is 6.54 Å². The molecule has 7 heteroatoms. The highest BCUT2D eigenvalue weighted by molar-refractivity contribution is 6.30. The summed E-state index contributed by atoms with van der Waals surface area (Å²) in [6.07, 6.45) is 0.746. The molecule has 1 aliphatic rings. The molecule has 2 unspecified atom stereocenters. The standard InChI is InChI=1S/C23H26ClN3O3/c1-15(2)12-19(16-8-5-4-6-9-16)25-20(28)14-27-21(29)23(3,26-22(27)30)17-10-7-11-18(24)13-17/h4-11,13,15,19H,12,14H2,1-3H3,(H,25,28)(H,26,30). The van der Waals surface area contributed by atoms with Gasteiger partial charge in [0, 0.05) is 5.02 Å². The van der Waals surface area contributed by atoms with E-state index in [-0.39, 0.29) is 18.5 Å². The fraction of sp³-hybridized carbons (Fsp3) is 0.348. The van der Waals surface area contributed by atoms with E-state index in [9.17, 15) is 14.4 Å². The van der Waals surface area contributed by atoms with Gasteiger partial charge in [-0.25, -0.2) is 4.79 Å². The number of halogens is 1. The molecule has 0 aromatic heterocycles. The molecule has 0 bridgehead atoms. The van der Waals surface area contributed by atoms with Crippen LogP contribution in [0.25, 0.3) is 0 Å². The number of carbonyl (C=O) groups excluding carboxylic acids is 3. The molecule has 0 spiro atoms. The largest absolute Gasteiger partial charge is 0.348 e. The van der Waals surface area contributed by atoms with Crippen molar-refractivity contribution in [1.82, 2.24) is 15.5 Å². The lowest BCUT2D eigenvalue weighted by Crippen LogP contribution is -2.44. The summed E-state index contributed by atoms with van der Waals surface area (Å²) >= 11 is 6.05. The summed E-state index contributed by atoms with van der Waals surface area (Å²) in [5.41, 5.74) is 0.290. The molecular weight excluding hydrogens is 402 g/mol. The summed E-state index contributed by atoms with van der Waals surface area (Å²) in [5, 5.41) is 6.13. The van der Waals surface area contributed by atoms with E-state index in [1.165, 1.54) is 0 Å². The highest BCUT2D eigenvalue weighted by Gasteiger charge is 2.49. The zero-order valence-electron chi connectivity index (χ0n) is 17.3. The van der Waals surface area contributed by atoms with Gasteiger partial charge in [-0.15, -0.1) is 0 Å². The first kappa shape index (κ1) is 21.8. The third-order valence-electron chi connectivity index (χ3n) is 5.22. The number of imide groups is 1. The normalized spacial score (nSPS) is 19.7. The molecule has 0 saturated carbocycles. The minimum absolute atomic E-state index is 0.196. The Bertz CT molecular complexity index is 948. The highest BCUT2D eigenvalue weighted by Crippen LogP contribution is 2.30. The molecule has 30 heavy (non-hydrogen) atoms. The maximum Gasteiger partial charge on any atom is 0.325 e. The average molecular weight is 428 g/mol. The van der Waals surface area contributed by atoms with Crippen LogP contribution in [0.4, 0.5) is 4.79 Å². The molecule has 1 aliphatic heterocycles. The van der Waals surface area contributed by atoms with Crippen LogP contribution in [0.5, 0.6) is 0 Å². The maximum absolute atomic E-state index is 13.0. The van der Waals surface area contributed by atoms with Gasteiger partial charge in [-0.1, -0.05) is 67.9 Å². The number of urea groups is 1. The predicted octanol–water partition coefficient (Wildman–Crippen LogP) is 4.01. The molecule has 1 heterocycles. The van der Waals surface area contributed by atoms with Crippen molar-refractivity contribution in [2.45, 2.75) is 38.8 Å². The quantitative estimate of drug-likeness (QED) is 0.655. The van der Waals surface area contributed by atoms with Gasteiger partial charge in [0.15, 0.2) is 0 Å². The highest BCUT2D eigenvalue weighted by atomic mass is 35.5. The topological polar surface area (TPSA) is 78.5 Å². The Morgan fingerprint density at radius 3 is 2.47 bits per heavy atom. The van der Waals surface area contributed by atoms with Crippen molar-refractivity contribution >= 4 is 29.4 Å². The Labute approximate surface area is 181 Å². The molecule has 0 aliphatic carbocycles. The first-order chi connectivity index (χ1) is 14.2. The van der Waals surface area contributed by atoms with Gasteiger partial charge in [-0.2, -0.15) is 0 Å². The third kappa shape index (κ3) is 4.65. The van der Waals surface area contributed by atoms with Crippen molar-refractivity contribution < 1.29 is 14.4 Å². The zero-order valence-corrected chi connectivity index (χ0v) is 18.1. The Kier molecular flexibility index (Phi) is 6.46. The van der Waals surface area contributed by atoms with Gasteiger partial charge in [0.25, 0.3) is 5.91 Å². The smallest absolute Gasteiger partial charge is 0.325 e. The van der Waals surface area contributed by atoms with Crippen LogP contribution in [0.3, 0.4) is 0 Å². The van der Waals surface area contributed by atoms with Crippen molar-refractivity contribution in [1.29, 1.82) is 0 Å². The van der Waals surface area contributed by atoms with E-state index in [0.29, 0.717) is 16.5 Å². The van der Waals surface area contributed by atoms with Gasteiger partial charge < -0.3 is 10.6 Å². The molecule has 158 valence electrons. The lowest BCUT2D eigenvalue weighted by molar-refractivity contribution is -0.135. The summed E-state index contributed by atoms with van der Waals surface area (Å²) in [4.78, 5) is 39.2. The van der Waals surface area contributed by atoms with Gasteiger partial charge >= 0.3 is 6.03 Å². The molecule has 1 saturated heterocycles. The van der Waals surface area contributed by atoms with Gasteiger partial charge in [0.1, 0.15) is 12.1 Å². The fourth-order valence-electron chi connectivity index (χ4n) is 3.65. The number of hydrogen-bond donors (Lipinski definition) is 2. The van der Waals surface area contributed by atoms with E-state index in [4.69, 9.17) is 11.6 Å². The van der Waals surface area contributed by atoms with Crippen molar-refractivity contribution in [2.24, 2.45) is 5.92 Å². The summed E-state index contributed by atoms with van der Waals surface area (Å²) in [7, 11) is 0. The summed E-state index contributed by atoms with van der Waals surface area (Å²) in [6.45, 7) is 5.43. The second-order valence-corrected chi connectivity index (χ2v) is 8.55. The first-order valence-electron chi connectivity index (χ1n) is 9.95. The van der Waals surface area contributed by atoms with Crippen molar-refractivity contribution in [3.63, 3.8) is 0 Å². The summed E-state index contributed by atoms with van der Waals surface area (Å²) < 4.78 is 0. The SMILES string of the molecule is CC(C)CC(NC(=O)CN1C(=O)NC(C)(c2cccc(Cl)c2)C1=O)c1ccccc1. The van der Waals surface area contributed by atoms with E-state index < -0.39 is 17.5 Å². The van der Waals surface area contributed by atoms with Gasteiger partial charge in [-0.05, 0) is 42.5 Å². The maximum atomic E-state index is 13.0. The lowest BCUT2D eigenvalue weighted by Gasteiger charge is -2.24. The van der Waals surface area contributed by atoms with Crippen LogP contribution in [-0.2, 0) is 15.1 Å². The Hall–Kier alpha value is -2.86. The summed E-state index contributed by atoms with van der Waals surface area (Å²) in [5.74, 6) is -0.508. The van der Waals surface area contributed by atoms with Crippen LogP contribution in [0, 0.1) is 5.92 Å². The number of carbonyl (C=O) groups is 3. The minimum Gasteiger partial charge on any atom is -0.348 e. The van der Waals surface area contributed by atoms with Crippen LogP contribution < -0.4 is 10.6 Å². The van der Waals surface area contributed by atoms with E-state index in [1.807, 2.05) is 30.3 Å². The number of amides is 4.